The van der Waals surface area contributed by atoms with Crippen LogP contribution in [0.5, 0.6) is 0 Å². The highest BCUT2D eigenvalue weighted by Crippen LogP contribution is 2.09. The number of nitrogens with zero attached hydrogens (tertiary/aromatic N) is 1. The van der Waals surface area contributed by atoms with E-state index in [2.05, 4.69) is 0 Å². The van der Waals surface area contributed by atoms with Gasteiger partial charge in [0, 0.05) is 20.0 Å². The number of amides is 1. The molecule has 0 saturated heterocycles. The molecular weight excluding hydrogens is 210 g/mol. The maximum absolute atomic E-state index is 11.8. The van der Waals surface area contributed by atoms with Gasteiger partial charge in [0.1, 0.15) is 12.0 Å². The minimum absolute atomic E-state index is 0.0715. The van der Waals surface area contributed by atoms with Crippen LogP contribution in [0.4, 0.5) is 0 Å². The second-order valence-corrected chi connectivity index (χ2v) is 3.67. The molecule has 0 aliphatic carbocycles. The maximum Gasteiger partial charge on any atom is 0.303 e. The third-order valence-electron chi connectivity index (χ3n) is 2.21. The third kappa shape index (κ3) is 3.42. The van der Waals surface area contributed by atoms with Crippen LogP contribution in [0.15, 0.2) is 16.7 Å². The first-order valence-electron chi connectivity index (χ1n) is 5.03. The summed E-state index contributed by atoms with van der Waals surface area (Å²) in [5.74, 6) is -0.315. The summed E-state index contributed by atoms with van der Waals surface area (Å²) in [6.07, 6.45) is 1.93. The predicted octanol–water partition coefficient (Wildman–Crippen LogP) is 1.52. The van der Waals surface area contributed by atoms with Crippen LogP contribution in [0.1, 0.15) is 29.0 Å². The molecule has 1 N–H and O–H groups in total. The number of aliphatic carboxylic acids is 1. The first kappa shape index (κ1) is 12.3. The fourth-order valence-corrected chi connectivity index (χ4v) is 1.34. The van der Waals surface area contributed by atoms with Crippen LogP contribution >= 0.6 is 0 Å². The fraction of sp³-hybridized carbons (Fsp3) is 0.455. The monoisotopic (exact) mass is 225 g/mol. The molecule has 5 heteroatoms. The van der Waals surface area contributed by atoms with E-state index in [1.807, 2.05) is 0 Å². The molecule has 0 saturated carbocycles. The molecule has 1 aromatic rings. The summed E-state index contributed by atoms with van der Waals surface area (Å²) in [6.45, 7) is 2.19. The largest absolute Gasteiger partial charge is 0.481 e. The quantitative estimate of drug-likeness (QED) is 0.824. The third-order valence-corrected chi connectivity index (χ3v) is 2.21. The number of aryl methyl sites for hydroxylation is 1. The highest BCUT2D eigenvalue weighted by Gasteiger charge is 2.13. The van der Waals surface area contributed by atoms with E-state index < -0.39 is 5.97 Å². The van der Waals surface area contributed by atoms with E-state index in [0.29, 0.717) is 24.3 Å². The summed E-state index contributed by atoms with van der Waals surface area (Å²) in [7, 11) is 1.65. The summed E-state index contributed by atoms with van der Waals surface area (Å²) >= 11 is 0. The number of hydrogen-bond acceptors (Lipinski definition) is 3. The van der Waals surface area contributed by atoms with Crippen molar-refractivity contribution >= 4 is 11.9 Å². The van der Waals surface area contributed by atoms with Gasteiger partial charge < -0.3 is 14.4 Å². The Hall–Kier alpha value is -1.78. The molecule has 1 heterocycles. The minimum Gasteiger partial charge on any atom is -0.481 e. The molecule has 0 fully saturated rings. The van der Waals surface area contributed by atoms with Crippen molar-refractivity contribution in [2.75, 3.05) is 13.6 Å². The molecule has 0 aliphatic rings. The average molecular weight is 225 g/mol. The zero-order valence-electron chi connectivity index (χ0n) is 9.40. The molecule has 0 aromatic carbocycles. The van der Waals surface area contributed by atoms with E-state index in [1.54, 1.807) is 20.0 Å². The van der Waals surface area contributed by atoms with Gasteiger partial charge in [-0.25, -0.2) is 0 Å². The maximum atomic E-state index is 11.8. The Labute approximate surface area is 93.7 Å². The van der Waals surface area contributed by atoms with Gasteiger partial charge in [0.2, 0.25) is 0 Å². The van der Waals surface area contributed by atoms with E-state index in [-0.39, 0.29) is 12.3 Å². The van der Waals surface area contributed by atoms with Crippen molar-refractivity contribution in [3.63, 3.8) is 0 Å². The standard InChI is InChI=1S/C11H15NO4/c1-8-6-9(7-16-8)11(15)12(2)5-3-4-10(13)14/h6-7H,3-5H2,1-2H3,(H,13,14). The van der Waals surface area contributed by atoms with Crippen LogP contribution < -0.4 is 0 Å². The lowest BCUT2D eigenvalue weighted by Gasteiger charge is -2.15. The Balaban J connectivity index is 2.45. The highest BCUT2D eigenvalue weighted by molar-refractivity contribution is 5.93. The first-order valence-corrected chi connectivity index (χ1v) is 5.03. The first-order chi connectivity index (χ1) is 7.50. The minimum atomic E-state index is -0.847. The van der Waals surface area contributed by atoms with E-state index in [4.69, 9.17) is 9.52 Å². The molecular formula is C11H15NO4. The van der Waals surface area contributed by atoms with Crippen LogP contribution in [-0.4, -0.2) is 35.5 Å². The molecule has 1 rings (SSSR count). The molecule has 5 nitrogen and oxygen atoms in total. The fourth-order valence-electron chi connectivity index (χ4n) is 1.34. The van der Waals surface area contributed by atoms with Crippen LogP contribution in [-0.2, 0) is 4.79 Å². The van der Waals surface area contributed by atoms with E-state index >= 15 is 0 Å². The average Bonchev–Trinajstić information content (AvgIpc) is 2.63. The van der Waals surface area contributed by atoms with Crippen molar-refractivity contribution in [3.8, 4) is 0 Å². The summed E-state index contributed by atoms with van der Waals surface area (Å²) < 4.78 is 5.04. The zero-order chi connectivity index (χ0) is 12.1. The van der Waals surface area contributed by atoms with Gasteiger partial charge in [-0.1, -0.05) is 0 Å². The number of rotatable bonds is 5. The van der Waals surface area contributed by atoms with E-state index in [9.17, 15) is 9.59 Å². The Morgan fingerprint density at radius 2 is 2.19 bits per heavy atom. The second kappa shape index (κ2) is 5.34. The summed E-state index contributed by atoms with van der Waals surface area (Å²) in [6, 6.07) is 1.66. The summed E-state index contributed by atoms with van der Waals surface area (Å²) in [5.41, 5.74) is 0.496. The second-order valence-electron chi connectivity index (χ2n) is 3.67. The van der Waals surface area contributed by atoms with E-state index in [1.165, 1.54) is 11.2 Å². The summed E-state index contributed by atoms with van der Waals surface area (Å²) in [4.78, 5) is 23.6. The lowest BCUT2D eigenvalue weighted by molar-refractivity contribution is -0.137. The number of furan rings is 1. The summed E-state index contributed by atoms with van der Waals surface area (Å²) in [5, 5.41) is 8.47. The topological polar surface area (TPSA) is 70.8 Å². The Morgan fingerprint density at radius 1 is 1.50 bits per heavy atom. The Kier molecular flexibility index (Phi) is 4.10. The van der Waals surface area contributed by atoms with Crippen LogP contribution in [0.2, 0.25) is 0 Å². The van der Waals surface area contributed by atoms with Gasteiger partial charge >= 0.3 is 5.97 Å². The molecule has 1 aromatic heterocycles. The molecule has 88 valence electrons. The number of carbonyl (C=O) groups excluding carboxylic acids is 1. The molecule has 0 aliphatic heterocycles. The van der Waals surface area contributed by atoms with Crippen LogP contribution in [0.3, 0.4) is 0 Å². The number of carboxylic acid groups (broad SMARTS) is 1. The molecule has 16 heavy (non-hydrogen) atoms. The van der Waals surface area contributed by atoms with Crippen molar-refractivity contribution in [2.45, 2.75) is 19.8 Å². The van der Waals surface area contributed by atoms with Crippen molar-refractivity contribution < 1.29 is 19.1 Å². The van der Waals surface area contributed by atoms with Gasteiger partial charge in [-0.15, -0.1) is 0 Å². The van der Waals surface area contributed by atoms with Crippen LogP contribution in [0.25, 0.3) is 0 Å². The highest BCUT2D eigenvalue weighted by atomic mass is 16.4. The van der Waals surface area contributed by atoms with E-state index in [0.717, 1.165) is 0 Å². The van der Waals surface area contributed by atoms with Crippen molar-refractivity contribution in [1.29, 1.82) is 0 Å². The van der Waals surface area contributed by atoms with Crippen molar-refractivity contribution in [1.82, 2.24) is 4.90 Å². The smallest absolute Gasteiger partial charge is 0.303 e. The molecule has 0 radical (unpaired) electrons. The van der Waals surface area contributed by atoms with Gasteiger partial charge in [-0.2, -0.15) is 0 Å². The van der Waals surface area contributed by atoms with Crippen LogP contribution in [0, 0.1) is 6.92 Å². The molecule has 0 spiro atoms. The Bertz CT molecular complexity index is 383. The number of carboxylic acids is 1. The predicted molar refractivity (Wildman–Crippen MR) is 57.3 cm³/mol. The molecule has 0 bridgehead atoms. The van der Waals surface area contributed by atoms with Gasteiger partial charge in [-0.05, 0) is 19.4 Å². The zero-order valence-corrected chi connectivity index (χ0v) is 9.40. The number of hydrogen-bond donors (Lipinski definition) is 1. The van der Waals surface area contributed by atoms with Gasteiger partial charge in [-0.3, -0.25) is 9.59 Å². The lowest BCUT2D eigenvalue weighted by atomic mass is 10.2. The van der Waals surface area contributed by atoms with Gasteiger partial charge in [0.25, 0.3) is 5.91 Å². The Morgan fingerprint density at radius 3 is 2.69 bits per heavy atom. The SMILES string of the molecule is Cc1cc(C(=O)N(C)CCCC(=O)O)co1. The van der Waals surface area contributed by atoms with Gasteiger partial charge in [0.15, 0.2) is 0 Å². The lowest BCUT2D eigenvalue weighted by Crippen LogP contribution is -2.27. The molecule has 0 atom stereocenters. The molecule has 0 unspecified atom stereocenters. The van der Waals surface area contributed by atoms with Crippen molar-refractivity contribution in [2.24, 2.45) is 0 Å². The molecule has 1 amide bonds. The van der Waals surface area contributed by atoms with Gasteiger partial charge in [0.05, 0.1) is 5.56 Å². The number of carbonyl (C=O) groups is 2. The van der Waals surface area contributed by atoms with Crippen molar-refractivity contribution in [3.05, 3.63) is 23.7 Å². The normalized spacial score (nSPS) is 10.1.